The van der Waals surface area contributed by atoms with Gasteiger partial charge in [-0.05, 0) is 36.8 Å². The van der Waals surface area contributed by atoms with Crippen LogP contribution in [0.5, 0.6) is 0 Å². The van der Waals surface area contributed by atoms with Gasteiger partial charge in [-0.1, -0.05) is 31.4 Å². The standard InChI is InChI=1S/C22H27N3O4S/c1-24(15-6-4-3-5-7-15)18(26)12-25-17-13-29-21(27)19(17)20(23-22(25)28)14-8-10-16(30-2)11-9-14/h8-11,15,20H,3-7,12-13H2,1-2H3,(H,23,28)/t20-/m1/s1. The molecule has 1 N–H and O–H groups in total. The molecule has 1 aromatic rings. The topological polar surface area (TPSA) is 79.0 Å². The van der Waals surface area contributed by atoms with Crippen molar-refractivity contribution in [2.24, 2.45) is 0 Å². The van der Waals surface area contributed by atoms with Crippen LogP contribution in [-0.2, 0) is 14.3 Å². The summed E-state index contributed by atoms with van der Waals surface area (Å²) in [5, 5.41) is 2.90. The zero-order chi connectivity index (χ0) is 21.3. The number of carbonyl (C=O) groups is 3. The molecule has 0 radical (unpaired) electrons. The summed E-state index contributed by atoms with van der Waals surface area (Å²) in [4.78, 5) is 42.5. The van der Waals surface area contributed by atoms with E-state index in [2.05, 4.69) is 5.32 Å². The minimum absolute atomic E-state index is 0.0153. The van der Waals surface area contributed by atoms with E-state index < -0.39 is 12.0 Å². The first kappa shape index (κ1) is 20.8. The minimum Gasteiger partial charge on any atom is -0.456 e. The Balaban J connectivity index is 1.56. The highest BCUT2D eigenvalue weighted by atomic mass is 32.2. The van der Waals surface area contributed by atoms with Crippen LogP contribution in [0.4, 0.5) is 4.79 Å². The molecule has 0 spiro atoms. The van der Waals surface area contributed by atoms with Gasteiger partial charge >= 0.3 is 12.0 Å². The van der Waals surface area contributed by atoms with Gasteiger partial charge in [0.05, 0.1) is 17.3 Å². The summed E-state index contributed by atoms with van der Waals surface area (Å²) >= 11 is 1.62. The monoisotopic (exact) mass is 429 g/mol. The first-order valence-electron chi connectivity index (χ1n) is 10.4. The maximum Gasteiger partial charge on any atom is 0.338 e. The van der Waals surface area contributed by atoms with Gasteiger partial charge in [0.25, 0.3) is 0 Å². The minimum atomic E-state index is -0.569. The Hall–Kier alpha value is -2.48. The predicted molar refractivity (Wildman–Crippen MR) is 114 cm³/mol. The van der Waals surface area contributed by atoms with Crippen LogP contribution in [-0.4, -0.2) is 60.2 Å². The second kappa shape index (κ2) is 8.71. The predicted octanol–water partition coefficient (Wildman–Crippen LogP) is 3.08. The second-order valence-electron chi connectivity index (χ2n) is 7.97. The summed E-state index contributed by atoms with van der Waals surface area (Å²) in [6, 6.07) is 7.01. The average molecular weight is 430 g/mol. The number of esters is 1. The molecule has 7 nitrogen and oxygen atoms in total. The Morgan fingerprint density at radius 1 is 1.20 bits per heavy atom. The SMILES string of the molecule is CSc1ccc([C@H]2NC(=O)N(CC(=O)N(C)C3CCCCC3)C3=C2C(=O)OC3)cc1. The van der Waals surface area contributed by atoms with Gasteiger partial charge in [-0.2, -0.15) is 0 Å². The number of nitrogens with zero attached hydrogens (tertiary/aromatic N) is 2. The van der Waals surface area contributed by atoms with Crippen molar-refractivity contribution in [3.63, 3.8) is 0 Å². The number of nitrogens with one attached hydrogen (secondary N) is 1. The van der Waals surface area contributed by atoms with Crippen molar-refractivity contribution in [1.82, 2.24) is 15.1 Å². The lowest BCUT2D eigenvalue weighted by atomic mass is 9.94. The fraction of sp³-hybridized carbons (Fsp3) is 0.500. The third-order valence-electron chi connectivity index (χ3n) is 6.26. The van der Waals surface area contributed by atoms with E-state index >= 15 is 0 Å². The van der Waals surface area contributed by atoms with Crippen LogP contribution in [0, 0.1) is 0 Å². The molecule has 1 saturated carbocycles. The van der Waals surface area contributed by atoms with E-state index in [1.54, 1.807) is 16.7 Å². The highest BCUT2D eigenvalue weighted by Crippen LogP contribution is 2.35. The molecule has 0 unspecified atom stereocenters. The molecule has 1 aliphatic carbocycles. The molecule has 0 saturated heterocycles. The zero-order valence-electron chi connectivity index (χ0n) is 17.3. The molecule has 4 rings (SSSR count). The Morgan fingerprint density at radius 3 is 2.57 bits per heavy atom. The number of cyclic esters (lactones) is 1. The lowest BCUT2D eigenvalue weighted by Gasteiger charge is -2.35. The number of ether oxygens (including phenoxy) is 1. The Morgan fingerprint density at radius 2 is 1.90 bits per heavy atom. The van der Waals surface area contributed by atoms with Crippen LogP contribution in [0.1, 0.15) is 43.7 Å². The van der Waals surface area contributed by atoms with E-state index in [1.807, 2.05) is 37.6 Å². The van der Waals surface area contributed by atoms with E-state index in [-0.39, 0.29) is 31.1 Å². The normalized spacial score (nSPS) is 21.9. The van der Waals surface area contributed by atoms with E-state index in [1.165, 1.54) is 11.3 Å². The van der Waals surface area contributed by atoms with E-state index in [0.717, 1.165) is 36.1 Å². The first-order chi connectivity index (χ1) is 14.5. The number of thioether (sulfide) groups is 1. The summed E-state index contributed by atoms with van der Waals surface area (Å²) < 4.78 is 5.26. The van der Waals surface area contributed by atoms with E-state index in [9.17, 15) is 14.4 Å². The quantitative estimate of drug-likeness (QED) is 0.575. The Bertz CT molecular complexity index is 877. The van der Waals surface area contributed by atoms with Gasteiger partial charge in [-0.3, -0.25) is 9.69 Å². The van der Waals surface area contributed by atoms with Crippen molar-refractivity contribution in [2.45, 2.75) is 49.1 Å². The number of rotatable bonds is 5. The fourth-order valence-corrected chi connectivity index (χ4v) is 4.85. The number of amides is 3. The molecule has 30 heavy (non-hydrogen) atoms. The van der Waals surface area contributed by atoms with Gasteiger partial charge in [0.15, 0.2) is 0 Å². The van der Waals surface area contributed by atoms with Gasteiger partial charge in [0.2, 0.25) is 5.91 Å². The van der Waals surface area contributed by atoms with Gasteiger partial charge in [-0.25, -0.2) is 9.59 Å². The van der Waals surface area contributed by atoms with Crippen molar-refractivity contribution in [2.75, 3.05) is 26.5 Å². The smallest absolute Gasteiger partial charge is 0.338 e. The van der Waals surface area contributed by atoms with Crippen molar-refractivity contribution >= 4 is 29.7 Å². The van der Waals surface area contributed by atoms with Crippen LogP contribution in [0.2, 0.25) is 0 Å². The maximum absolute atomic E-state index is 12.9. The molecule has 3 aliphatic rings. The van der Waals surface area contributed by atoms with Crippen LogP contribution in [0.15, 0.2) is 40.4 Å². The van der Waals surface area contributed by atoms with Gasteiger partial charge in [0, 0.05) is 18.0 Å². The third-order valence-corrected chi connectivity index (χ3v) is 7.00. The lowest BCUT2D eigenvalue weighted by molar-refractivity contribution is -0.136. The number of urea groups is 1. The molecule has 2 heterocycles. The average Bonchev–Trinajstić information content (AvgIpc) is 3.17. The highest BCUT2D eigenvalue weighted by molar-refractivity contribution is 7.98. The lowest BCUT2D eigenvalue weighted by Crippen LogP contribution is -2.51. The van der Waals surface area contributed by atoms with Crippen molar-refractivity contribution in [3.05, 3.63) is 41.1 Å². The largest absolute Gasteiger partial charge is 0.456 e. The van der Waals surface area contributed by atoms with Gasteiger partial charge < -0.3 is 15.0 Å². The summed E-state index contributed by atoms with van der Waals surface area (Å²) in [6.07, 6.45) is 7.45. The van der Waals surface area contributed by atoms with Crippen LogP contribution in [0.3, 0.4) is 0 Å². The molecule has 0 aromatic heterocycles. The first-order valence-corrected chi connectivity index (χ1v) is 11.6. The Labute approximate surface area is 180 Å². The summed E-state index contributed by atoms with van der Waals surface area (Å²) in [5.41, 5.74) is 1.73. The third kappa shape index (κ3) is 3.93. The highest BCUT2D eigenvalue weighted by Gasteiger charge is 2.43. The zero-order valence-corrected chi connectivity index (χ0v) is 18.2. The molecular formula is C22H27N3O4S. The Kier molecular flexibility index (Phi) is 6.04. The molecule has 2 aliphatic heterocycles. The summed E-state index contributed by atoms with van der Waals surface area (Å²) in [5.74, 6) is -0.562. The second-order valence-corrected chi connectivity index (χ2v) is 8.85. The number of likely N-dealkylation sites (N-methyl/N-ethyl adjacent to an activating group) is 1. The van der Waals surface area contributed by atoms with Crippen molar-refractivity contribution in [3.8, 4) is 0 Å². The number of carbonyl (C=O) groups excluding carboxylic acids is 3. The summed E-state index contributed by atoms with van der Waals surface area (Å²) in [7, 11) is 1.81. The molecule has 160 valence electrons. The summed E-state index contributed by atoms with van der Waals surface area (Å²) in [6.45, 7) is -0.0756. The number of hydrogen-bond acceptors (Lipinski definition) is 5. The van der Waals surface area contributed by atoms with Crippen LogP contribution in [0.25, 0.3) is 0 Å². The van der Waals surface area contributed by atoms with Gasteiger partial charge in [-0.15, -0.1) is 11.8 Å². The van der Waals surface area contributed by atoms with Crippen LogP contribution < -0.4 is 5.32 Å². The van der Waals surface area contributed by atoms with E-state index in [4.69, 9.17) is 4.74 Å². The number of hydrogen-bond donors (Lipinski definition) is 1. The van der Waals surface area contributed by atoms with Crippen molar-refractivity contribution in [1.29, 1.82) is 0 Å². The molecule has 3 amide bonds. The number of benzene rings is 1. The molecule has 8 heteroatoms. The molecule has 1 aromatic carbocycles. The van der Waals surface area contributed by atoms with Crippen molar-refractivity contribution < 1.29 is 19.1 Å². The maximum atomic E-state index is 12.9. The molecule has 1 atom stereocenters. The van der Waals surface area contributed by atoms with Gasteiger partial charge in [0.1, 0.15) is 13.2 Å². The molecular weight excluding hydrogens is 402 g/mol. The fourth-order valence-electron chi connectivity index (χ4n) is 4.44. The molecule has 0 bridgehead atoms. The van der Waals surface area contributed by atoms with E-state index in [0.29, 0.717) is 11.3 Å². The molecule has 1 fully saturated rings. The van der Waals surface area contributed by atoms with Crippen LogP contribution >= 0.6 is 11.8 Å².